The Kier molecular flexibility index (Phi) is 6.29. The first-order valence-corrected chi connectivity index (χ1v) is 9.38. The Morgan fingerprint density at radius 2 is 2.07 bits per heavy atom. The van der Waals surface area contributed by atoms with Gasteiger partial charge in [-0.1, -0.05) is 30.0 Å². The second-order valence-corrected chi connectivity index (χ2v) is 7.22. The summed E-state index contributed by atoms with van der Waals surface area (Å²) in [7, 11) is 1.62. The molecule has 3 rings (SSSR count). The van der Waals surface area contributed by atoms with Crippen molar-refractivity contribution in [1.82, 2.24) is 10.2 Å². The summed E-state index contributed by atoms with van der Waals surface area (Å²) in [5.74, 6) is 1.04. The second kappa shape index (κ2) is 9.06. The second-order valence-electron chi connectivity index (χ2n) is 5.93. The Bertz CT molecular complexity index is 995. The molecule has 2 aromatic carbocycles. The van der Waals surface area contributed by atoms with Gasteiger partial charge in [0.25, 0.3) is 5.22 Å². The molecule has 0 spiro atoms. The first-order valence-electron chi connectivity index (χ1n) is 8.50. The zero-order valence-corrected chi connectivity index (χ0v) is 16.2. The Hall–Kier alpha value is -3.31. The molecule has 0 bridgehead atoms. The number of hydrogen-bond acceptors (Lipinski definition) is 7. The van der Waals surface area contributed by atoms with Crippen molar-refractivity contribution in [3.05, 3.63) is 65.5 Å². The third-order valence-corrected chi connectivity index (χ3v) is 4.80. The van der Waals surface area contributed by atoms with Gasteiger partial charge in [-0.3, -0.25) is 4.79 Å². The van der Waals surface area contributed by atoms with Crippen molar-refractivity contribution >= 4 is 23.4 Å². The molecular formula is C20H18N4O3S. The SMILES string of the molecule is COc1ccc(Cc2nnc(S[C@H](C)C(=O)Nc3cccc(C#N)c3)o2)cc1. The van der Waals surface area contributed by atoms with Crippen molar-refractivity contribution in [3.8, 4) is 11.8 Å². The van der Waals surface area contributed by atoms with E-state index in [9.17, 15) is 4.79 Å². The smallest absolute Gasteiger partial charge is 0.277 e. The fourth-order valence-electron chi connectivity index (χ4n) is 2.39. The number of anilines is 1. The zero-order valence-electron chi connectivity index (χ0n) is 15.4. The van der Waals surface area contributed by atoms with Crippen LogP contribution < -0.4 is 10.1 Å². The highest BCUT2D eigenvalue weighted by Gasteiger charge is 2.18. The summed E-state index contributed by atoms with van der Waals surface area (Å²) in [5, 5.41) is 19.6. The van der Waals surface area contributed by atoms with Gasteiger partial charge < -0.3 is 14.5 Å². The number of benzene rings is 2. The molecule has 1 amide bonds. The lowest BCUT2D eigenvalue weighted by atomic mass is 10.1. The quantitative estimate of drug-likeness (QED) is 0.610. The summed E-state index contributed by atoms with van der Waals surface area (Å²) < 4.78 is 10.8. The van der Waals surface area contributed by atoms with Crippen molar-refractivity contribution in [3.63, 3.8) is 0 Å². The number of carbonyl (C=O) groups is 1. The first-order chi connectivity index (χ1) is 13.6. The van der Waals surface area contributed by atoms with Crippen LogP contribution in [0.2, 0.25) is 0 Å². The van der Waals surface area contributed by atoms with Crippen molar-refractivity contribution in [2.24, 2.45) is 0 Å². The number of ether oxygens (including phenoxy) is 1. The molecule has 0 unspecified atom stereocenters. The van der Waals surface area contributed by atoms with Crippen molar-refractivity contribution in [2.75, 3.05) is 12.4 Å². The van der Waals surface area contributed by atoms with Crippen LogP contribution >= 0.6 is 11.8 Å². The number of aromatic nitrogens is 2. The number of thioether (sulfide) groups is 1. The van der Waals surface area contributed by atoms with E-state index >= 15 is 0 Å². The minimum atomic E-state index is -0.444. The maximum Gasteiger partial charge on any atom is 0.277 e. The molecule has 7 nitrogen and oxygen atoms in total. The van der Waals surface area contributed by atoms with E-state index < -0.39 is 5.25 Å². The molecule has 1 N–H and O–H groups in total. The number of carbonyl (C=O) groups excluding carboxylic acids is 1. The lowest BCUT2D eigenvalue weighted by molar-refractivity contribution is -0.115. The van der Waals surface area contributed by atoms with Gasteiger partial charge in [0.05, 0.1) is 30.4 Å². The van der Waals surface area contributed by atoms with Gasteiger partial charge in [-0.2, -0.15) is 5.26 Å². The molecule has 142 valence electrons. The average molecular weight is 394 g/mol. The molecule has 1 heterocycles. The van der Waals surface area contributed by atoms with Crippen LogP contribution in [0.1, 0.15) is 23.9 Å². The third-order valence-electron chi connectivity index (χ3n) is 3.87. The van der Waals surface area contributed by atoms with Crippen LogP contribution in [0.4, 0.5) is 5.69 Å². The number of methoxy groups -OCH3 is 1. The standard InChI is InChI=1S/C20H18N4O3S/c1-13(19(25)22-16-5-3-4-15(10-16)12-21)28-20-24-23-18(27-20)11-14-6-8-17(26-2)9-7-14/h3-10,13H,11H2,1-2H3,(H,22,25)/t13-/m1/s1. The fourth-order valence-corrected chi connectivity index (χ4v) is 3.09. The minimum absolute atomic E-state index is 0.213. The highest BCUT2D eigenvalue weighted by Crippen LogP contribution is 2.24. The first kappa shape index (κ1) is 19.5. The lowest BCUT2D eigenvalue weighted by Crippen LogP contribution is -2.22. The Balaban J connectivity index is 1.57. The van der Waals surface area contributed by atoms with Gasteiger partial charge in [0.2, 0.25) is 11.8 Å². The molecule has 0 saturated heterocycles. The van der Waals surface area contributed by atoms with Crippen molar-refractivity contribution in [1.29, 1.82) is 5.26 Å². The maximum absolute atomic E-state index is 12.4. The van der Waals surface area contributed by atoms with E-state index in [0.29, 0.717) is 28.8 Å². The van der Waals surface area contributed by atoms with Gasteiger partial charge >= 0.3 is 0 Å². The number of rotatable bonds is 7. The Morgan fingerprint density at radius 1 is 1.29 bits per heavy atom. The van der Waals surface area contributed by atoms with E-state index in [2.05, 4.69) is 15.5 Å². The highest BCUT2D eigenvalue weighted by molar-refractivity contribution is 8.00. The van der Waals surface area contributed by atoms with Gasteiger partial charge in [-0.05, 0) is 42.8 Å². The summed E-state index contributed by atoms with van der Waals surface area (Å²) in [6.45, 7) is 1.75. The van der Waals surface area contributed by atoms with Gasteiger partial charge in [0.1, 0.15) is 5.75 Å². The van der Waals surface area contributed by atoms with E-state index in [1.54, 1.807) is 38.3 Å². The number of nitrogens with zero attached hydrogens (tertiary/aromatic N) is 3. The summed E-state index contributed by atoms with van der Waals surface area (Å²) in [6.07, 6.45) is 0.499. The summed E-state index contributed by atoms with van der Waals surface area (Å²) >= 11 is 1.18. The molecule has 0 fully saturated rings. The fraction of sp³-hybridized carbons (Fsp3) is 0.200. The molecule has 1 aromatic heterocycles. The van der Waals surface area contributed by atoms with Gasteiger partial charge in [0, 0.05) is 5.69 Å². The largest absolute Gasteiger partial charge is 0.497 e. The highest BCUT2D eigenvalue weighted by atomic mass is 32.2. The topological polar surface area (TPSA) is 101 Å². The maximum atomic E-state index is 12.4. The van der Waals surface area contributed by atoms with E-state index in [4.69, 9.17) is 14.4 Å². The average Bonchev–Trinajstić information content (AvgIpc) is 3.15. The number of amides is 1. The van der Waals surface area contributed by atoms with Crippen molar-refractivity contribution < 1.29 is 13.9 Å². The monoisotopic (exact) mass is 394 g/mol. The minimum Gasteiger partial charge on any atom is -0.497 e. The van der Waals surface area contributed by atoms with E-state index in [0.717, 1.165) is 11.3 Å². The van der Waals surface area contributed by atoms with E-state index in [1.165, 1.54) is 11.8 Å². The number of hydrogen-bond donors (Lipinski definition) is 1. The van der Waals surface area contributed by atoms with E-state index in [-0.39, 0.29) is 5.91 Å². The lowest BCUT2D eigenvalue weighted by Gasteiger charge is -2.09. The number of nitriles is 1. The van der Waals surface area contributed by atoms with Crippen LogP contribution in [-0.4, -0.2) is 28.5 Å². The molecule has 1 atom stereocenters. The van der Waals surface area contributed by atoms with Crippen LogP contribution in [0.5, 0.6) is 5.75 Å². The molecule has 0 aliphatic heterocycles. The summed E-state index contributed by atoms with van der Waals surface area (Å²) in [6, 6.07) is 16.4. The van der Waals surface area contributed by atoms with Crippen LogP contribution in [0.3, 0.4) is 0 Å². The normalized spacial score (nSPS) is 11.5. The van der Waals surface area contributed by atoms with Gasteiger partial charge in [-0.25, -0.2) is 0 Å². The predicted octanol–water partition coefficient (Wildman–Crippen LogP) is 3.66. The molecule has 3 aromatic rings. The third kappa shape index (κ3) is 5.11. The molecule has 0 saturated carbocycles. The molecule has 0 aliphatic rings. The van der Waals surface area contributed by atoms with Crippen LogP contribution in [0, 0.1) is 11.3 Å². The molecule has 0 radical (unpaired) electrons. The predicted molar refractivity (Wildman–Crippen MR) is 105 cm³/mol. The van der Waals surface area contributed by atoms with Crippen LogP contribution in [-0.2, 0) is 11.2 Å². The van der Waals surface area contributed by atoms with Crippen molar-refractivity contribution in [2.45, 2.75) is 23.8 Å². The molecule has 8 heteroatoms. The summed E-state index contributed by atoms with van der Waals surface area (Å²) in [5.41, 5.74) is 2.07. The number of nitrogens with one attached hydrogen (secondary N) is 1. The Morgan fingerprint density at radius 3 is 2.79 bits per heavy atom. The van der Waals surface area contributed by atoms with E-state index in [1.807, 2.05) is 30.3 Å². The van der Waals surface area contributed by atoms with Gasteiger partial charge in [-0.15, -0.1) is 10.2 Å². The van der Waals surface area contributed by atoms with Gasteiger partial charge in [0.15, 0.2) is 0 Å². The molecule has 0 aliphatic carbocycles. The zero-order chi connectivity index (χ0) is 19.9. The molecule has 28 heavy (non-hydrogen) atoms. The Labute approximate surface area is 166 Å². The molecular weight excluding hydrogens is 376 g/mol. The van der Waals surface area contributed by atoms with Crippen LogP contribution in [0.15, 0.2) is 58.2 Å². The summed E-state index contributed by atoms with van der Waals surface area (Å²) in [4.78, 5) is 12.4. The van der Waals surface area contributed by atoms with Crippen LogP contribution in [0.25, 0.3) is 0 Å².